The molecule has 4 rings (SSSR count). The van der Waals surface area contributed by atoms with Crippen molar-refractivity contribution in [3.8, 4) is 0 Å². The van der Waals surface area contributed by atoms with Crippen molar-refractivity contribution in [1.29, 1.82) is 0 Å². The first-order valence-corrected chi connectivity index (χ1v) is 31.2. The molecule has 0 aromatic carbocycles. The topological polar surface area (TPSA) is 230 Å². The molecule has 18 nitrogen and oxygen atoms in total. The van der Waals surface area contributed by atoms with Gasteiger partial charge in [-0.1, -0.05) is 39.3 Å². The van der Waals surface area contributed by atoms with E-state index in [0.717, 1.165) is 19.2 Å². The Bertz CT molecular complexity index is 1960. The summed E-state index contributed by atoms with van der Waals surface area (Å²) in [6.07, 6.45) is 4.87. The summed E-state index contributed by atoms with van der Waals surface area (Å²) in [5.41, 5.74) is 0.679. The molecule has 2 aromatic rings. The Morgan fingerprint density at radius 2 is 1.11 bits per heavy atom. The smallest absolute Gasteiger partial charge is 1.00 e. The molecule has 24 heteroatoms. The number of aliphatic hydroxyl groups is 2. The number of aromatic nitrogens is 4. The van der Waals surface area contributed by atoms with E-state index in [2.05, 4.69) is 49.3 Å². The number of hydrogen-bond acceptors (Lipinski definition) is 16. The molecule has 2 aromatic heterocycles. The van der Waals surface area contributed by atoms with Gasteiger partial charge in [-0.05, 0) is 31.9 Å². The van der Waals surface area contributed by atoms with Gasteiger partial charge in [-0.2, -0.15) is 0 Å². The number of aliphatic hydroxyl groups excluding tert-OH is 2. The zero-order valence-electron chi connectivity index (χ0n) is 38.9. The predicted molar refractivity (Wildman–Crippen MR) is 242 cm³/mol. The van der Waals surface area contributed by atoms with Crippen molar-refractivity contribution in [1.82, 2.24) is 19.1 Å². The average molecular weight is 944 g/mol. The second-order valence-corrected chi connectivity index (χ2v) is 32.6. The number of carbonyl (C=O) groups is 1. The molecule has 343 valence electrons. The van der Waals surface area contributed by atoms with Crippen molar-refractivity contribution in [2.75, 3.05) is 92.5 Å². The van der Waals surface area contributed by atoms with E-state index in [1.807, 2.05) is 0 Å². The molecular formula is C37H69BN6NaO12S2Si2. The Labute approximate surface area is 390 Å². The SMILES string of the molecule is CCOC(=O)CCc1cn(COCC[Si](C)(C)C)c(=O)c(N2CCS(=O)(=O)CC2)n1.CO.C[Si](C)(C)CCOCn1cc(CCCO)nc(N2CCS(=O)(=O)CC2)c1=O.[B].[H-].[Na+]. The normalized spacial score (nSPS) is 15.8. The number of esters is 1. The predicted octanol–water partition coefficient (Wildman–Crippen LogP) is -1.65. The summed E-state index contributed by atoms with van der Waals surface area (Å²) in [6.45, 7) is 18.1. The molecule has 4 heterocycles. The van der Waals surface area contributed by atoms with Gasteiger partial charge in [0.15, 0.2) is 31.3 Å². The van der Waals surface area contributed by atoms with E-state index in [4.69, 9.17) is 24.4 Å². The van der Waals surface area contributed by atoms with Crippen LogP contribution in [0, 0.1) is 0 Å². The van der Waals surface area contributed by atoms with Gasteiger partial charge in [-0.25, -0.2) is 26.8 Å². The summed E-state index contributed by atoms with van der Waals surface area (Å²) < 4.78 is 66.2. The Morgan fingerprint density at radius 3 is 1.46 bits per heavy atom. The maximum atomic E-state index is 13.0. The van der Waals surface area contributed by atoms with E-state index < -0.39 is 35.8 Å². The van der Waals surface area contributed by atoms with Crippen LogP contribution >= 0.6 is 0 Å². The van der Waals surface area contributed by atoms with Crippen LogP contribution in [-0.4, -0.2) is 159 Å². The van der Waals surface area contributed by atoms with Gasteiger partial charge in [0.1, 0.15) is 13.5 Å². The molecule has 0 bridgehead atoms. The Hall–Kier alpha value is -1.93. The molecule has 0 amide bonds. The number of sulfone groups is 2. The van der Waals surface area contributed by atoms with Gasteiger partial charge in [-0.15, -0.1) is 0 Å². The maximum absolute atomic E-state index is 13.0. The van der Waals surface area contributed by atoms with E-state index >= 15 is 0 Å². The standard InChI is InChI=1S/C19H33N3O6SSi.C17H31N3O5SSi.CH4O.B.Na.H/c1-5-28-17(23)7-6-16-14-22(15-27-10-13-30(2,3)4)19(24)18(20-16)21-8-11-29(25,26)12-9-21;1-27(2,3)12-9-25-14-20-13-15(5-4-8-21)18-16(17(20)22)19-6-10-26(23,24)11-7-19;1-2;;;/h14H,5-13,15H2,1-4H3;13,21H,4-12,14H2,1-3H3;2H,1H3;;;/q;;;;+1;-1. The first-order chi connectivity index (χ1) is 27.6. The van der Waals surface area contributed by atoms with Crippen LogP contribution in [0.5, 0.6) is 0 Å². The van der Waals surface area contributed by atoms with Gasteiger partial charge in [0.2, 0.25) is 0 Å². The monoisotopic (exact) mass is 943 g/mol. The van der Waals surface area contributed by atoms with Crippen molar-refractivity contribution >= 4 is 61.8 Å². The van der Waals surface area contributed by atoms with Crippen molar-refractivity contribution in [3.05, 3.63) is 44.5 Å². The summed E-state index contributed by atoms with van der Waals surface area (Å²) in [6, 6.07) is 2.00. The molecule has 0 spiro atoms. The molecule has 0 aliphatic carbocycles. The van der Waals surface area contributed by atoms with Gasteiger partial charge in [0, 0.05) is 96.5 Å². The van der Waals surface area contributed by atoms with Gasteiger partial charge in [0.25, 0.3) is 11.1 Å². The number of aryl methyl sites for hydroxylation is 2. The van der Waals surface area contributed by atoms with Crippen LogP contribution in [0.15, 0.2) is 22.0 Å². The van der Waals surface area contributed by atoms with Crippen molar-refractivity contribution in [3.63, 3.8) is 0 Å². The van der Waals surface area contributed by atoms with Crippen molar-refractivity contribution in [2.45, 2.75) is 97.4 Å². The second-order valence-electron chi connectivity index (χ2n) is 16.8. The number of anilines is 2. The fraction of sp³-hybridized carbons (Fsp3) is 0.757. The third-order valence-corrected chi connectivity index (χ3v) is 15.9. The number of nitrogens with zero attached hydrogens (tertiary/aromatic N) is 6. The first-order valence-electron chi connectivity index (χ1n) is 20.1. The number of hydrogen-bond donors (Lipinski definition) is 2. The molecule has 2 aliphatic heterocycles. The molecule has 3 radical (unpaired) electrons. The van der Waals surface area contributed by atoms with Crippen LogP contribution in [0.3, 0.4) is 0 Å². The maximum Gasteiger partial charge on any atom is 1.00 e. The zero-order chi connectivity index (χ0) is 44.4. The van der Waals surface area contributed by atoms with Crippen LogP contribution in [0.1, 0.15) is 32.6 Å². The quantitative estimate of drug-likeness (QED) is 0.0913. The summed E-state index contributed by atoms with van der Waals surface area (Å²) >= 11 is 0. The minimum Gasteiger partial charge on any atom is -1.00 e. The molecular weight excluding hydrogens is 875 g/mol. The third-order valence-electron chi connectivity index (χ3n) is 9.24. The zero-order valence-corrected chi connectivity index (χ0v) is 43.5. The van der Waals surface area contributed by atoms with Crippen LogP contribution < -0.4 is 50.5 Å². The fourth-order valence-corrected chi connectivity index (χ4v) is 9.57. The van der Waals surface area contributed by atoms with Crippen LogP contribution in [-0.2, 0) is 65.0 Å². The molecule has 2 N–H and O–H groups in total. The molecule has 0 saturated carbocycles. The van der Waals surface area contributed by atoms with E-state index in [1.165, 1.54) is 9.13 Å². The average Bonchev–Trinajstić information content (AvgIpc) is 3.16. The molecule has 2 saturated heterocycles. The number of rotatable bonds is 19. The number of carbonyl (C=O) groups excluding carboxylic acids is 1. The third kappa shape index (κ3) is 22.5. The van der Waals surface area contributed by atoms with Crippen molar-refractivity contribution in [2.24, 2.45) is 0 Å². The van der Waals surface area contributed by atoms with Gasteiger partial charge < -0.3 is 35.7 Å². The minimum atomic E-state index is -3.08. The fourth-order valence-electron chi connectivity index (χ4n) is 5.66. The molecule has 61 heavy (non-hydrogen) atoms. The molecule has 2 fully saturated rings. The van der Waals surface area contributed by atoms with Gasteiger partial charge >= 0.3 is 35.5 Å². The summed E-state index contributed by atoms with van der Waals surface area (Å²) in [5, 5.41) is 16.1. The van der Waals surface area contributed by atoms with E-state index in [9.17, 15) is 31.2 Å². The molecule has 0 atom stereocenters. The van der Waals surface area contributed by atoms with Crippen LogP contribution in [0.2, 0.25) is 51.4 Å². The summed E-state index contributed by atoms with van der Waals surface area (Å²) in [5.74, 6) is 0.203. The van der Waals surface area contributed by atoms with Gasteiger partial charge in [-0.3, -0.25) is 23.5 Å². The Morgan fingerprint density at radius 1 is 0.738 bits per heavy atom. The van der Waals surface area contributed by atoms with Crippen molar-refractivity contribution < 1.29 is 77.0 Å². The Kier molecular flexibility index (Phi) is 27.2. The van der Waals surface area contributed by atoms with Crippen LogP contribution in [0.25, 0.3) is 0 Å². The largest absolute Gasteiger partial charge is 1.00 e. The molecule has 2 aliphatic rings. The summed E-state index contributed by atoms with van der Waals surface area (Å²) in [4.78, 5) is 49.8. The van der Waals surface area contributed by atoms with Gasteiger partial charge in [0.05, 0.1) is 47.4 Å². The van der Waals surface area contributed by atoms with E-state index in [0.29, 0.717) is 50.5 Å². The first kappa shape index (κ1) is 59.1. The van der Waals surface area contributed by atoms with Crippen LogP contribution in [0.4, 0.5) is 11.6 Å². The molecule has 0 unspecified atom stereocenters. The van der Waals surface area contributed by atoms with E-state index in [1.54, 1.807) is 29.1 Å². The summed E-state index contributed by atoms with van der Waals surface area (Å²) in [7, 11) is -7.56. The number of ether oxygens (including phenoxy) is 3. The Balaban J connectivity index is 0. The second kappa shape index (κ2) is 28.1. The van der Waals surface area contributed by atoms with E-state index in [-0.39, 0.29) is 144 Å². The minimum absolute atomic E-state index is 0.